The maximum Gasteiger partial charge on any atom is 0.246 e. The SMILES string of the molecule is COc1ccc(N2CCCN(C(=O)/C=C/c3cccc(C)c3)CC2)cc1. The summed E-state index contributed by atoms with van der Waals surface area (Å²) in [6.45, 7) is 5.39. The summed E-state index contributed by atoms with van der Waals surface area (Å²) in [6, 6.07) is 16.3. The van der Waals surface area contributed by atoms with Crippen molar-refractivity contribution < 1.29 is 9.53 Å². The standard InChI is InChI=1S/C22H26N2O2/c1-18-5-3-6-19(17-18)7-12-22(25)24-14-4-13-23(15-16-24)20-8-10-21(26-2)11-9-20/h3,5-12,17H,4,13-16H2,1-2H3/b12-7+. The minimum atomic E-state index is 0.0862. The van der Waals surface area contributed by atoms with E-state index in [0.29, 0.717) is 0 Å². The first-order valence-electron chi connectivity index (χ1n) is 9.08. The third-order valence-electron chi connectivity index (χ3n) is 4.71. The van der Waals surface area contributed by atoms with Crippen molar-refractivity contribution in [2.45, 2.75) is 13.3 Å². The van der Waals surface area contributed by atoms with Crippen molar-refractivity contribution in [1.29, 1.82) is 0 Å². The topological polar surface area (TPSA) is 32.8 Å². The molecule has 1 heterocycles. The Labute approximate surface area is 155 Å². The Kier molecular flexibility index (Phi) is 5.95. The number of carbonyl (C=O) groups excluding carboxylic acids is 1. The van der Waals surface area contributed by atoms with Gasteiger partial charge in [-0.15, -0.1) is 0 Å². The molecule has 0 atom stereocenters. The van der Waals surface area contributed by atoms with Crippen LogP contribution in [-0.2, 0) is 4.79 Å². The summed E-state index contributed by atoms with van der Waals surface area (Å²) >= 11 is 0. The molecule has 0 bridgehead atoms. The number of aryl methyl sites for hydroxylation is 1. The second kappa shape index (κ2) is 8.56. The zero-order valence-electron chi connectivity index (χ0n) is 15.5. The maximum absolute atomic E-state index is 12.5. The minimum absolute atomic E-state index is 0.0862. The predicted molar refractivity (Wildman–Crippen MR) is 107 cm³/mol. The number of carbonyl (C=O) groups is 1. The van der Waals surface area contributed by atoms with E-state index in [1.165, 1.54) is 11.3 Å². The van der Waals surface area contributed by atoms with Gasteiger partial charge in [-0.05, 0) is 49.2 Å². The van der Waals surface area contributed by atoms with Crippen LogP contribution >= 0.6 is 0 Å². The summed E-state index contributed by atoms with van der Waals surface area (Å²) in [5.41, 5.74) is 3.44. The lowest BCUT2D eigenvalue weighted by Crippen LogP contribution is -2.34. The molecule has 2 aromatic rings. The molecule has 1 amide bonds. The molecule has 1 aliphatic heterocycles. The average molecular weight is 350 g/mol. The summed E-state index contributed by atoms with van der Waals surface area (Å²) in [6.07, 6.45) is 4.56. The highest BCUT2D eigenvalue weighted by molar-refractivity contribution is 5.91. The molecule has 0 aromatic heterocycles. The lowest BCUT2D eigenvalue weighted by atomic mass is 10.1. The molecular weight excluding hydrogens is 324 g/mol. The first-order valence-corrected chi connectivity index (χ1v) is 9.08. The third-order valence-corrected chi connectivity index (χ3v) is 4.71. The Morgan fingerprint density at radius 1 is 1.04 bits per heavy atom. The first-order chi connectivity index (χ1) is 12.7. The van der Waals surface area contributed by atoms with E-state index in [9.17, 15) is 4.79 Å². The zero-order chi connectivity index (χ0) is 18.4. The Morgan fingerprint density at radius 2 is 1.85 bits per heavy atom. The van der Waals surface area contributed by atoms with E-state index in [-0.39, 0.29) is 5.91 Å². The van der Waals surface area contributed by atoms with Crippen molar-refractivity contribution in [1.82, 2.24) is 4.90 Å². The number of methoxy groups -OCH3 is 1. The monoisotopic (exact) mass is 350 g/mol. The van der Waals surface area contributed by atoms with E-state index in [1.807, 2.05) is 35.2 Å². The molecule has 0 radical (unpaired) electrons. The quantitative estimate of drug-likeness (QED) is 0.787. The van der Waals surface area contributed by atoms with Crippen molar-refractivity contribution in [3.05, 3.63) is 65.7 Å². The molecule has 136 valence electrons. The molecule has 0 aliphatic carbocycles. The lowest BCUT2D eigenvalue weighted by Gasteiger charge is -2.23. The largest absolute Gasteiger partial charge is 0.497 e. The average Bonchev–Trinajstić information content (AvgIpc) is 2.92. The summed E-state index contributed by atoms with van der Waals surface area (Å²) in [5, 5.41) is 0. The van der Waals surface area contributed by atoms with Crippen LogP contribution < -0.4 is 9.64 Å². The van der Waals surface area contributed by atoms with Crippen LogP contribution in [0.1, 0.15) is 17.5 Å². The van der Waals surface area contributed by atoms with Crippen LogP contribution in [0.5, 0.6) is 5.75 Å². The molecule has 4 nitrogen and oxygen atoms in total. The molecule has 2 aromatic carbocycles. The second-order valence-corrected chi connectivity index (χ2v) is 6.61. The lowest BCUT2D eigenvalue weighted by molar-refractivity contribution is -0.125. The molecule has 0 saturated carbocycles. The summed E-state index contributed by atoms with van der Waals surface area (Å²) in [7, 11) is 1.68. The van der Waals surface area contributed by atoms with Gasteiger partial charge in [0, 0.05) is 37.9 Å². The fraction of sp³-hybridized carbons (Fsp3) is 0.318. The van der Waals surface area contributed by atoms with Crippen LogP contribution in [-0.4, -0.2) is 44.1 Å². The van der Waals surface area contributed by atoms with E-state index in [2.05, 4.69) is 36.1 Å². The van der Waals surface area contributed by atoms with Gasteiger partial charge < -0.3 is 14.5 Å². The fourth-order valence-corrected chi connectivity index (χ4v) is 3.24. The van der Waals surface area contributed by atoms with E-state index in [1.54, 1.807) is 13.2 Å². The number of benzene rings is 2. The number of hydrogen-bond acceptors (Lipinski definition) is 3. The van der Waals surface area contributed by atoms with Crippen molar-refractivity contribution in [2.24, 2.45) is 0 Å². The van der Waals surface area contributed by atoms with Gasteiger partial charge in [0.15, 0.2) is 0 Å². The molecule has 1 saturated heterocycles. The molecular formula is C22H26N2O2. The van der Waals surface area contributed by atoms with Gasteiger partial charge in [-0.3, -0.25) is 4.79 Å². The number of rotatable bonds is 4. The van der Waals surface area contributed by atoms with Crippen LogP contribution in [0.3, 0.4) is 0 Å². The Morgan fingerprint density at radius 3 is 2.58 bits per heavy atom. The normalized spacial score (nSPS) is 15.2. The van der Waals surface area contributed by atoms with Crippen molar-refractivity contribution >= 4 is 17.7 Å². The van der Waals surface area contributed by atoms with Gasteiger partial charge in [-0.2, -0.15) is 0 Å². The van der Waals surface area contributed by atoms with Crippen molar-refractivity contribution in [3.63, 3.8) is 0 Å². The predicted octanol–water partition coefficient (Wildman–Crippen LogP) is 3.76. The number of ether oxygens (including phenoxy) is 1. The van der Waals surface area contributed by atoms with Gasteiger partial charge >= 0.3 is 0 Å². The Bertz CT molecular complexity index is 768. The molecule has 1 aliphatic rings. The maximum atomic E-state index is 12.5. The molecule has 4 heteroatoms. The van der Waals surface area contributed by atoms with Gasteiger partial charge in [0.25, 0.3) is 0 Å². The first kappa shape index (κ1) is 18.1. The van der Waals surface area contributed by atoms with Crippen LogP contribution in [0.15, 0.2) is 54.6 Å². The van der Waals surface area contributed by atoms with Gasteiger partial charge in [0.2, 0.25) is 5.91 Å². The summed E-state index contributed by atoms with van der Waals surface area (Å²) in [4.78, 5) is 16.8. The van der Waals surface area contributed by atoms with Gasteiger partial charge in [-0.1, -0.05) is 29.8 Å². The minimum Gasteiger partial charge on any atom is -0.497 e. The number of anilines is 1. The second-order valence-electron chi connectivity index (χ2n) is 6.61. The van der Waals surface area contributed by atoms with E-state index >= 15 is 0 Å². The van der Waals surface area contributed by atoms with Crippen LogP contribution in [0.2, 0.25) is 0 Å². The van der Waals surface area contributed by atoms with Crippen molar-refractivity contribution in [2.75, 3.05) is 38.2 Å². The Hall–Kier alpha value is -2.75. The highest BCUT2D eigenvalue weighted by atomic mass is 16.5. The molecule has 3 rings (SSSR count). The van der Waals surface area contributed by atoms with Crippen LogP contribution in [0.25, 0.3) is 6.08 Å². The number of hydrogen-bond donors (Lipinski definition) is 0. The fourth-order valence-electron chi connectivity index (χ4n) is 3.24. The van der Waals surface area contributed by atoms with Crippen LogP contribution in [0, 0.1) is 6.92 Å². The smallest absolute Gasteiger partial charge is 0.246 e. The van der Waals surface area contributed by atoms with Crippen molar-refractivity contribution in [3.8, 4) is 5.75 Å². The van der Waals surface area contributed by atoms with Gasteiger partial charge in [-0.25, -0.2) is 0 Å². The van der Waals surface area contributed by atoms with E-state index in [0.717, 1.165) is 43.9 Å². The molecule has 0 N–H and O–H groups in total. The summed E-state index contributed by atoms with van der Waals surface area (Å²) < 4.78 is 5.22. The molecule has 0 spiro atoms. The Balaban J connectivity index is 1.59. The van der Waals surface area contributed by atoms with Crippen LogP contribution in [0.4, 0.5) is 5.69 Å². The number of nitrogens with zero attached hydrogens (tertiary/aromatic N) is 2. The molecule has 1 fully saturated rings. The number of amides is 1. The zero-order valence-corrected chi connectivity index (χ0v) is 15.5. The van der Waals surface area contributed by atoms with E-state index < -0.39 is 0 Å². The van der Waals surface area contributed by atoms with Gasteiger partial charge in [0.1, 0.15) is 5.75 Å². The third kappa shape index (κ3) is 4.66. The van der Waals surface area contributed by atoms with Gasteiger partial charge in [0.05, 0.1) is 7.11 Å². The highest BCUT2D eigenvalue weighted by Crippen LogP contribution is 2.20. The van der Waals surface area contributed by atoms with E-state index in [4.69, 9.17) is 4.74 Å². The molecule has 26 heavy (non-hydrogen) atoms. The molecule has 0 unspecified atom stereocenters. The summed E-state index contributed by atoms with van der Waals surface area (Å²) in [5.74, 6) is 0.949. The highest BCUT2D eigenvalue weighted by Gasteiger charge is 2.17.